The van der Waals surface area contributed by atoms with E-state index in [1.165, 1.54) is 11.3 Å². The molecule has 17 heavy (non-hydrogen) atoms. The van der Waals surface area contributed by atoms with Crippen molar-refractivity contribution in [1.82, 2.24) is 9.97 Å². The van der Waals surface area contributed by atoms with Crippen molar-refractivity contribution in [3.8, 4) is 0 Å². The van der Waals surface area contributed by atoms with E-state index in [1.807, 2.05) is 13.8 Å². The fraction of sp³-hybridized carbons (Fsp3) is 0.250. The number of hydrogen-bond acceptors (Lipinski definition) is 5. The lowest BCUT2D eigenvalue weighted by atomic mass is 10.1. The second-order valence-electron chi connectivity index (χ2n) is 3.94. The monoisotopic (exact) mass is 247 g/mol. The van der Waals surface area contributed by atoms with Gasteiger partial charge in [-0.05, 0) is 25.5 Å². The summed E-state index contributed by atoms with van der Waals surface area (Å²) >= 11 is 1.41. The van der Waals surface area contributed by atoms with Crippen LogP contribution in [-0.4, -0.2) is 15.8 Å². The van der Waals surface area contributed by atoms with Gasteiger partial charge >= 0.3 is 0 Å². The average molecular weight is 247 g/mol. The van der Waals surface area contributed by atoms with E-state index in [2.05, 4.69) is 9.97 Å². The van der Waals surface area contributed by atoms with E-state index in [4.69, 9.17) is 5.73 Å². The number of aryl methyl sites for hydroxylation is 1. The minimum atomic E-state index is -0.141. The quantitative estimate of drug-likeness (QED) is 0.843. The van der Waals surface area contributed by atoms with E-state index >= 15 is 0 Å². The fourth-order valence-corrected chi connectivity index (χ4v) is 2.19. The van der Waals surface area contributed by atoms with Crippen molar-refractivity contribution >= 4 is 17.1 Å². The first-order valence-corrected chi connectivity index (χ1v) is 6.13. The third-order valence-corrected chi connectivity index (χ3v) is 3.33. The summed E-state index contributed by atoms with van der Waals surface area (Å²) in [4.78, 5) is 20.3. The zero-order valence-electron chi connectivity index (χ0n) is 9.68. The molecule has 88 valence electrons. The second-order valence-corrected chi connectivity index (χ2v) is 4.83. The molecule has 0 aliphatic heterocycles. The van der Waals surface area contributed by atoms with Crippen molar-refractivity contribution in [2.75, 3.05) is 0 Å². The Labute approximate surface area is 104 Å². The number of thiazole rings is 1. The van der Waals surface area contributed by atoms with Crippen molar-refractivity contribution in [2.24, 2.45) is 5.73 Å². The van der Waals surface area contributed by atoms with Gasteiger partial charge in [0.05, 0.1) is 6.04 Å². The number of hydrogen-bond donors (Lipinski definition) is 1. The maximum atomic E-state index is 12.1. The van der Waals surface area contributed by atoms with Gasteiger partial charge in [-0.15, -0.1) is 11.3 Å². The standard InChI is InChI=1S/C12H13N3OS/c1-7-3-9(5-14-4-7)11(16)10-6-17-12(15-10)8(2)13/h3-6,8H,13H2,1-2H3. The third-order valence-electron chi connectivity index (χ3n) is 2.28. The molecule has 0 amide bonds. The van der Waals surface area contributed by atoms with E-state index < -0.39 is 0 Å². The second kappa shape index (κ2) is 4.73. The van der Waals surface area contributed by atoms with Gasteiger partial charge in [0.15, 0.2) is 0 Å². The summed E-state index contributed by atoms with van der Waals surface area (Å²) < 4.78 is 0. The van der Waals surface area contributed by atoms with Crippen LogP contribution in [0, 0.1) is 6.92 Å². The molecule has 1 unspecified atom stereocenters. The molecule has 4 nitrogen and oxygen atoms in total. The lowest BCUT2D eigenvalue weighted by Crippen LogP contribution is -2.07. The molecule has 0 aromatic carbocycles. The number of pyridine rings is 1. The van der Waals surface area contributed by atoms with Crippen molar-refractivity contribution in [3.05, 3.63) is 45.7 Å². The highest BCUT2D eigenvalue weighted by Gasteiger charge is 2.14. The Hall–Kier alpha value is -1.59. The molecule has 2 aromatic heterocycles. The summed E-state index contributed by atoms with van der Waals surface area (Å²) in [6, 6.07) is 1.66. The molecule has 0 saturated heterocycles. The molecule has 2 rings (SSSR count). The summed E-state index contributed by atoms with van der Waals surface area (Å²) in [6.07, 6.45) is 3.27. The van der Waals surface area contributed by atoms with Crippen molar-refractivity contribution < 1.29 is 4.79 Å². The van der Waals surface area contributed by atoms with Crippen molar-refractivity contribution in [3.63, 3.8) is 0 Å². The molecular formula is C12H13N3OS. The number of nitrogens with zero attached hydrogens (tertiary/aromatic N) is 2. The van der Waals surface area contributed by atoms with Gasteiger partial charge in [0, 0.05) is 23.3 Å². The fourth-order valence-electron chi connectivity index (χ4n) is 1.43. The SMILES string of the molecule is Cc1cncc(C(=O)c2csc(C(C)N)n2)c1. The number of carbonyl (C=O) groups excluding carboxylic acids is 1. The van der Waals surface area contributed by atoms with Gasteiger partial charge in [-0.3, -0.25) is 9.78 Å². The van der Waals surface area contributed by atoms with E-state index in [9.17, 15) is 4.79 Å². The topological polar surface area (TPSA) is 68.9 Å². The average Bonchev–Trinajstić information content (AvgIpc) is 2.77. The van der Waals surface area contributed by atoms with Crippen LogP contribution in [0.25, 0.3) is 0 Å². The Morgan fingerprint density at radius 2 is 2.24 bits per heavy atom. The molecule has 0 radical (unpaired) electrons. The highest BCUT2D eigenvalue weighted by Crippen LogP contribution is 2.18. The predicted octanol–water partition coefficient (Wildman–Crippen LogP) is 2.10. The zero-order valence-corrected chi connectivity index (χ0v) is 10.5. The molecule has 0 aliphatic rings. The largest absolute Gasteiger partial charge is 0.322 e. The zero-order chi connectivity index (χ0) is 12.4. The molecule has 0 aliphatic carbocycles. The number of rotatable bonds is 3. The van der Waals surface area contributed by atoms with E-state index in [1.54, 1.807) is 23.8 Å². The molecule has 5 heteroatoms. The normalized spacial score (nSPS) is 12.4. The highest BCUT2D eigenvalue weighted by molar-refractivity contribution is 7.09. The molecule has 0 spiro atoms. The maximum Gasteiger partial charge on any atom is 0.213 e. The van der Waals surface area contributed by atoms with Gasteiger partial charge in [0.25, 0.3) is 0 Å². The number of nitrogens with two attached hydrogens (primary N) is 1. The molecule has 0 bridgehead atoms. The number of aromatic nitrogens is 2. The van der Waals surface area contributed by atoms with Gasteiger partial charge < -0.3 is 5.73 Å². The van der Waals surface area contributed by atoms with Crippen molar-refractivity contribution in [1.29, 1.82) is 0 Å². The Balaban J connectivity index is 2.30. The van der Waals surface area contributed by atoms with Gasteiger partial charge in [-0.2, -0.15) is 0 Å². The lowest BCUT2D eigenvalue weighted by molar-refractivity contribution is 0.103. The first-order chi connectivity index (χ1) is 8.08. The molecule has 0 saturated carbocycles. The minimum Gasteiger partial charge on any atom is -0.322 e. The lowest BCUT2D eigenvalue weighted by Gasteiger charge is -1.99. The van der Waals surface area contributed by atoms with Crippen LogP contribution >= 0.6 is 11.3 Å². The van der Waals surface area contributed by atoms with Crippen LogP contribution in [0.4, 0.5) is 0 Å². The Morgan fingerprint density at radius 3 is 2.82 bits per heavy atom. The van der Waals surface area contributed by atoms with E-state index in [-0.39, 0.29) is 11.8 Å². The first kappa shape index (κ1) is 11.9. The molecule has 2 heterocycles. The third kappa shape index (κ3) is 2.57. The van der Waals surface area contributed by atoms with Crippen molar-refractivity contribution in [2.45, 2.75) is 19.9 Å². The number of carbonyl (C=O) groups is 1. The predicted molar refractivity (Wildman–Crippen MR) is 67.1 cm³/mol. The smallest absolute Gasteiger partial charge is 0.213 e. The van der Waals surface area contributed by atoms with Gasteiger partial charge in [-0.25, -0.2) is 4.98 Å². The van der Waals surface area contributed by atoms with Gasteiger partial charge in [-0.1, -0.05) is 0 Å². The maximum absolute atomic E-state index is 12.1. The molecule has 1 atom stereocenters. The summed E-state index contributed by atoms with van der Waals surface area (Å²) in [6.45, 7) is 3.75. The molecule has 2 aromatic rings. The summed E-state index contributed by atoms with van der Waals surface area (Å²) in [7, 11) is 0. The summed E-state index contributed by atoms with van der Waals surface area (Å²) in [5.41, 5.74) is 7.67. The highest BCUT2D eigenvalue weighted by atomic mass is 32.1. The minimum absolute atomic E-state index is 0.107. The van der Waals surface area contributed by atoms with Crippen LogP contribution in [0.5, 0.6) is 0 Å². The molecule has 2 N–H and O–H groups in total. The van der Waals surface area contributed by atoms with Crippen LogP contribution in [0.3, 0.4) is 0 Å². The molecular weight excluding hydrogens is 234 g/mol. The van der Waals surface area contributed by atoms with Gasteiger partial charge in [0.1, 0.15) is 10.7 Å². The van der Waals surface area contributed by atoms with Crippen LogP contribution in [-0.2, 0) is 0 Å². The summed E-state index contributed by atoms with van der Waals surface area (Å²) in [5, 5.41) is 2.51. The Morgan fingerprint density at radius 1 is 1.47 bits per heavy atom. The summed E-state index contributed by atoms with van der Waals surface area (Å²) in [5.74, 6) is -0.107. The van der Waals surface area contributed by atoms with E-state index in [0.29, 0.717) is 11.3 Å². The van der Waals surface area contributed by atoms with Crippen LogP contribution in [0.1, 0.15) is 39.6 Å². The van der Waals surface area contributed by atoms with Gasteiger partial charge in [0.2, 0.25) is 5.78 Å². The van der Waals surface area contributed by atoms with Crippen LogP contribution in [0.15, 0.2) is 23.8 Å². The first-order valence-electron chi connectivity index (χ1n) is 5.25. The Kier molecular flexibility index (Phi) is 3.31. The Bertz CT molecular complexity index is 548. The van der Waals surface area contributed by atoms with Crippen LogP contribution < -0.4 is 5.73 Å². The number of ketones is 1. The molecule has 0 fully saturated rings. The van der Waals surface area contributed by atoms with Crippen LogP contribution in [0.2, 0.25) is 0 Å². The van der Waals surface area contributed by atoms with E-state index in [0.717, 1.165) is 10.6 Å².